The van der Waals surface area contributed by atoms with Gasteiger partial charge < -0.3 is 24.3 Å². The third-order valence-electron chi connectivity index (χ3n) is 3.82. The molecule has 0 bridgehead atoms. The van der Waals surface area contributed by atoms with E-state index in [4.69, 9.17) is 19.0 Å². The first-order valence-corrected chi connectivity index (χ1v) is 7.86. The number of nitrogens with one attached hydrogen (secondary N) is 1. The minimum absolute atomic E-state index is 0.156. The van der Waals surface area contributed by atoms with Crippen molar-refractivity contribution in [2.45, 2.75) is 31.8 Å². The number of carbonyl (C=O) groups excluding carboxylic acids is 1. The maximum Gasteiger partial charge on any atom is 0.287 e. The van der Waals surface area contributed by atoms with Crippen LogP contribution < -0.4 is 5.32 Å². The molecule has 7 nitrogen and oxygen atoms in total. The van der Waals surface area contributed by atoms with Crippen molar-refractivity contribution >= 4 is 5.91 Å². The molecule has 1 aliphatic rings. The number of carbonyl (C=O) groups is 1. The summed E-state index contributed by atoms with van der Waals surface area (Å²) < 4.78 is 16.6. The second-order valence-electron chi connectivity index (χ2n) is 5.54. The molecule has 1 amide bonds. The van der Waals surface area contributed by atoms with Crippen LogP contribution >= 0.6 is 0 Å². The van der Waals surface area contributed by atoms with Gasteiger partial charge in [-0.15, -0.1) is 0 Å². The Balaban J connectivity index is 1.58. The topological polar surface area (TPSA) is 93.8 Å². The number of hydrogen-bond donors (Lipinski definition) is 2. The molecule has 2 aromatic rings. The zero-order valence-electron chi connectivity index (χ0n) is 13.2. The van der Waals surface area contributed by atoms with E-state index in [9.17, 15) is 4.79 Å². The number of ether oxygens (including phenoxy) is 2. The fraction of sp³-hybridized carbons (Fsp3) is 0.412. The summed E-state index contributed by atoms with van der Waals surface area (Å²) in [6.45, 7) is 1.11. The number of nitrogens with zero attached hydrogens (tertiary/aromatic N) is 1. The minimum atomic E-state index is -0.350. The number of furan rings is 1. The third kappa shape index (κ3) is 4.19. The molecule has 7 heteroatoms. The van der Waals surface area contributed by atoms with Crippen LogP contribution in [0.1, 0.15) is 28.4 Å². The van der Waals surface area contributed by atoms with E-state index in [-0.39, 0.29) is 30.4 Å². The Bertz CT molecular complexity index is 658. The first-order chi connectivity index (χ1) is 11.8. The van der Waals surface area contributed by atoms with Crippen LogP contribution in [-0.4, -0.2) is 41.4 Å². The monoisotopic (exact) mass is 332 g/mol. The number of aliphatic hydroxyl groups is 1. The van der Waals surface area contributed by atoms with E-state index in [1.54, 1.807) is 12.3 Å². The Hall–Kier alpha value is -2.22. The number of aliphatic hydroxyl groups excluding tert-OH is 1. The predicted octanol–water partition coefficient (Wildman–Crippen LogP) is 1.27. The molecule has 0 aliphatic carbocycles. The Kier molecular flexibility index (Phi) is 5.58. The molecule has 1 saturated heterocycles. The van der Waals surface area contributed by atoms with E-state index in [0.29, 0.717) is 32.0 Å². The predicted molar refractivity (Wildman–Crippen MR) is 84.1 cm³/mol. The van der Waals surface area contributed by atoms with Crippen molar-refractivity contribution in [2.75, 3.05) is 13.2 Å². The molecule has 24 heavy (non-hydrogen) atoms. The second-order valence-corrected chi connectivity index (χ2v) is 5.54. The van der Waals surface area contributed by atoms with Gasteiger partial charge in [0.15, 0.2) is 5.76 Å². The number of amides is 1. The van der Waals surface area contributed by atoms with Gasteiger partial charge in [0.05, 0.1) is 31.1 Å². The normalized spacial score (nSPS) is 20.7. The molecule has 2 aromatic heterocycles. The summed E-state index contributed by atoms with van der Waals surface area (Å²) in [7, 11) is 0. The number of pyridine rings is 1. The highest BCUT2D eigenvalue weighted by Gasteiger charge is 2.29. The van der Waals surface area contributed by atoms with Gasteiger partial charge in [-0.2, -0.15) is 0 Å². The second kappa shape index (κ2) is 8.05. The quantitative estimate of drug-likeness (QED) is 0.827. The lowest BCUT2D eigenvalue weighted by atomic mass is 10.1. The summed E-state index contributed by atoms with van der Waals surface area (Å²) in [5.41, 5.74) is 0.840. The molecule has 0 aromatic carbocycles. The van der Waals surface area contributed by atoms with Crippen LogP contribution in [0.4, 0.5) is 0 Å². The molecular formula is C17H20N2O5. The van der Waals surface area contributed by atoms with Gasteiger partial charge in [0, 0.05) is 12.8 Å². The Morgan fingerprint density at radius 3 is 3.04 bits per heavy atom. The molecule has 0 radical (unpaired) electrons. The summed E-state index contributed by atoms with van der Waals surface area (Å²) in [4.78, 5) is 16.5. The third-order valence-corrected chi connectivity index (χ3v) is 3.82. The minimum Gasteiger partial charge on any atom is -0.453 e. The van der Waals surface area contributed by atoms with Gasteiger partial charge in [-0.05, 0) is 30.7 Å². The Morgan fingerprint density at radius 1 is 1.38 bits per heavy atom. The van der Waals surface area contributed by atoms with Gasteiger partial charge in [-0.25, -0.2) is 0 Å². The van der Waals surface area contributed by atoms with E-state index in [1.807, 2.05) is 18.2 Å². The van der Waals surface area contributed by atoms with Gasteiger partial charge in [-0.3, -0.25) is 9.78 Å². The molecule has 2 atom stereocenters. The lowest BCUT2D eigenvalue weighted by Gasteiger charge is -2.31. The molecule has 3 heterocycles. The SMILES string of the molecule is O=C(N[C@@H]1COCC[C@H]1OCc1ccccn1)c1ccc(CO)o1. The van der Waals surface area contributed by atoms with Crippen LogP contribution in [0.5, 0.6) is 0 Å². The Morgan fingerprint density at radius 2 is 2.29 bits per heavy atom. The summed E-state index contributed by atoms with van der Waals surface area (Å²) in [5, 5.41) is 11.9. The maximum absolute atomic E-state index is 12.3. The standard InChI is InChI=1S/C17H20N2O5/c20-9-13-4-5-16(24-13)17(21)19-14-11-22-8-6-15(14)23-10-12-3-1-2-7-18-12/h1-5,7,14-15,20H,6,8-11H2,(H,19,21)/t14-,15-/m1/s1. The van der Waals surface area contributed by atoms with Crippen LogP contribution in [0, 0.1) is 0 Å². The molecular weight excluding hydrogens is 312 g/mol. The molecule has 3 rings (SSSR count). The zero-order valence-corrected chi connectivity index (χ0v) is 13.2. The smallest absolute Gasteiger partial charge is 0.287 e. The molecule has 1 fully saturated rings. The highest BCUT2D eigenvalue weighted by Crippen LogP contribution is 2.15. The average molecular weight is 332 g/mol. The molecule has 0 unspecified atom stereocenters. The van der Waals surface area contributed by atoms with Crippen molar-refractivity contribution in [3.8, 4) is 0 Å². The van der Waals surface area contributed by atoms with Crippen LogP contribution in [0.3, 0.4) is 0 Å². The van der Waals surface area contributed by atoms with Gasteiger partial charge in [0.1, 0.15) is 12.4 Å². The van der Waals surface area contributed by atoms with Gasteiger partial charge in [0.25, 0.3) is 5.91 Å². The summed E-state index contributed by atoms with van der Waals surface area (Å²) in [5.74, 6) is 0.160. The molecule has 0 saturated carbocycles. The maximum atomic E-state index is 12.3. The van der Waals surface area contributed by atoms with Crippen LogP contribution in [0.25, 0.3) is 0 Å². The van der Waals surface area contributed by atoms with E-state index in [1.165, 1.54) is 6.07 Å². The van der Waals surface area contributed by atoms with E-state index >= 15 is 0 Å². The molecule has 2 N–H and O–H groups in total. The molecule has 1 aliphatic heterocycles. The lowest BCUT2D eigenvalue weighted by molar-refractivity contribution is -0.0614. The lowest BCUT2D eigenvalue weighted by Crippen LogP contribution is -2.50. The van der Waals surface area contributed by atoms with Crippen molar-refractivity contribution < 1.29 is 23.8 Å². The number of hydrogen-bond acceptors (Lipinski definition) is 6. The van der Waals surface area contributed by atoms with Crippen molar-refractivity contribution in [3.05, 3.63) is 53.7 Å². The average Bonchev–Trinajstić information content (AvgIpc) is 3.11. The molecule has 128 valence electrons. The van der Waals surface area contributed by atoms with Crippen molar-refractivity contribution in [1.29, 1.82) is 0 Å². The first-order valence-electron chi connectivity index (χ1n) is 7.86. The number of aromatic nitrogens is 1. The summed E-state index contributed by atoms with van der Waals surface area (Å²) >= 11 is 0. The molecule has 0 spiro atoms. The highest BCUT2D eigenvalue weighted by molar-refractivity contribution is 5.91. The largest absolute Gasteiger partial charge is 0.453 e. The van der Waals surface area contributed by atoms with Gasteiger partial charge in [0.2, 0.25) is 0 Å². The van der Waals surface area contributed by atoms with E-state index < -0.39 is 0 Å². The Labute approximate surface area is 139 Å². The fourth-order valence-electron chi connectivity index (χ4n) is 2.55. The van der Waals surface area contributed by atoms with Crippen LogP contribution in [-0.2, 0) is 22.7 Å². The van der Waals surface area contributed by atoms with Crippen molar-refractivity contribution in [3.63, 3.8) is 0 Å². The van der Waals surface area contributed by atoms with E-state index in [0.717, 1.165) is 5.69 Å². The van der Waals surface area contributed by atoms with Gasteiger partial charge in [-0.1, -0.05) is 6.07 Å². The summed E-state index contributed by atoms with van der Waals surface area (Å²) in [6.07, 6.45) is 2.26. The van der Waals surface area contributed by atoms with Crippen LogP contribution in [0.2, 0.25) is 0 Å². The van der Waals surface area contributed by atoms with Crippen molar-refractivity contribution in [1.82, 2.24) is 10.3 Å². The van der Waals surface area contributed by atoms with Gasteiger partial charge >= 0.3 is 0 Å². The number of rotatable bonds is 6. The van der Waals surface area contributed by atoms with E-state index in [2.05, 4.69) is 10.3 Å². The zero-order chi connectivity index (χ0) is 16.8. The van der Waals surface area contributed by atoms with Crippen LogP contribution in [0.15, 0.2) is 40.9 Å². The summed E-state index contributed by atoms with van der Waals surface area (Å²) in [6, 6.07) is 8.50. The highest BCUT2D eigenvalue weighted by atomic mass is 16.5. The van der Waals surface area contributed by atoms with Crippen molar-refractivity contribution in [2.24, 2.45) is 0 Å². The first kappa shape index (κ1) is 16.6. The fourth-order valence-corrected chi connectivity index (χ4v) is 2.55.